The van der Waals surface area contributed by atoms with Crippen LogP contribution in [-0.2, 0) is 24.2 Å². The van der Waals surface area contributed by atoms with E-state index >= 15 is 0 Å². The van der Waals surface area contributed by atoms with Crippen LogP contribution in [0.15, 0.2) is 28.0 Å². The Morgan fingerprint density at radius 2 is 1.81 bits per heavy atom. The first-order chi connectivity index (χ1) is 17.5. The lowest BCUT2D eigenvalue weighted by Gasteiger charge is -2.70. The van der Waals surface area contributed by atoms with Crippen LogP contribution in [0.5, 0.6) is 0 Å². The van der Waals surface area contributed by atoms with Gasteiger partial charge in [-0.05, 0) is 51.0 Å². The van der Waals surface area contributed by atoms with Crippen molar-refractivity contribution >= 4 is 10.9 Å². The van der Waals surface area contributed by atoms with Crippen LogP contribution in [0.1, 0.15) is 80.0 Å². The van der Waals surface area contributed by atoms with Gasteiger partial charge in [0.2, 0.25) is 0 Å². The fraction of sp³-hybridized carbons (Fsp3) is 0.615. The van der Waals surface area contributed by atoms with E-state index in [0.717, 1.165) is 23.0 Å². The summed E-state index contributed by atoms with van der Waals surface area (Å²) in [5.74, 6) is -0.0305. The number of fused-ring (bicyclic) bond motifs is 1. The van der Waals surface area contributed by atoms with Crippen molar-refractivity contribution in [1.82, 2.24) is 23.9 Å². The van der Waals surface area contributed by atoms with Gasteiger partial charge in [0.25, 0.3) is 5.56 Å². The number of nitrogens with zero attached hydrogens (tertiary/aromatic N) is 5. The van der Waals surface area contributed by atoms with E-state index in [2.05, 4.69) is 5.10 Å². The van der Waals surface area contributed by atoms with Crippen LogP contribution in [-0.4, -0.2) is 36.7 Å². The highest BCUT2D eigenvalue weighted by molar-refractivity contribution is 5.82. The third-order valence-electron chi connectivity index (χ3n) is 9.21. The highest BCUT2D eigenvalue weighted by Crippen LogP contribution is 2.78. The molecule has 4 heterocycles. The van der Waals surface area contributed by atoms with E-state index in [1.807, 2.05) is 17.1 Å². The van der Waals surface area contributed by atoms with Crippen molar-refractivity contribution in [2.75, 3.05) is 6.61 Å². The maximum Gasteiger partial charge on any atom is 0.394 e. The van der Waals surface area contributed by atoms with Crippen molar-refractivity contribution in [1.29, 1.82) is 0 Å². The molecule has 8 nitrogen and oxygen atoms in total. The monoisotopic (exact) mass is 515 g/mol. The second kappa shape index (κ2) is 7.33. The number of hydrogen-bond donors (Lipinski definition) is 0. The molecule has 0 aromatic carbocycles. The van der Waals surface area contributed by atoms with Crippen molar-refractivity contribution in [3.05, 3.63) is 56.2 Å². The molecule has 3 aromatic heterocycles. The molecule has 0 unspecified atom stereocenters. The molecular weight excluding hydrogens is 487 g/mol. The molecular formula is C26H28F3N5O3. The van der Waals surface area contributed by atoms with E-state index in [9.17, 15) is 22.8 Å². The number of pyridine rings is 1. The van der Waals surface area contributed by atoms with Crippen molar-refractivity contribution < 1.29 is 17.9 Å². The quantitative estimate of drug-likeness (QED) is 0.528. The van der Waals surface area contributed by atoms with Crippen molar-refractivity contribution in [3.63, 3.8) is 0 Å². The zero-order valence-corrected chi connectivity index (χ0v) is 20.7. The SMILES string of the molecule is Cn1c(=O)c2cc([C@H]3CCO[C@@H](c4cnn(C5CC5)c4)C3)nc(C34CC(C(F)(F)F)(C3)C4)c2n(C)c1=O. The van der Waals surface area contributed by atoms with Crippen molar-refractivity contribution in [3.8, 4) is 0 Å². The molecule has 5 fully saturated rings. The second-order valence-electron chi connectivity index (χ2n) is 11.7. The van der Waals surface area contributed by atoms with Gasteiger partial charge in [-0.15, -0.1) is 0 Å². The van der Waals surface area contributed by atoms with Gasteiger partial charge in [-0.1, -0.05) is 0 Å². The fourth-order valence-electron chi connectivity index (χ4n) is 6.92. The summed E-state index contributed by atoms with van der Waals surface area (Å²) < 4.78 is 51.5. The Bertz CT molecular complexity index is 1540. The largest absolute Gasteiger partial charge is 0.394 e. The van der Waals surface area contributed by atoms with E-state index < -0.39 is 28.3 Å². The van der Waals surface area contributed by atoms with Crippen LogP contribution >= 0.6 is 0 Å². The van der Waals surface area contributed by atoms with E-state index in [-0.39, 0.29) is 31.3 Å². The summed E-state index contributed by atoms with van der Waals surface area (Å²) in [6.07, 6.45) is 2.90. The maximum atomic E-state index is 13.7. The Hall–Kier alpha value is -2.95. The molecule has 1 saturated heterocycles. The molecule has 5 aliphatic rings. The highest BCUT2D eigenvalue weighted by atomic mass is 19.4. The number of rotatable bonds is 4. The first kappa shape index (κ1) is 23.2. The Morgan fingerprint density at radius 3 is 2.49 bits per heavy atom. The summed E-state index contributed by atoms with van der Waals surface area (Å²) in [7, 11) is 2.98. The average molecular weight is 516 g/mol. The third-order valence-corrected chi connectivity index (χ3v) is 9.21. The molecule has 8 rings (SSSR count). The molecule has 4 saturated carbocycles. The molecule has 4 aliphatic carbocycles. The number of aromatic nitrogens is 5. The summed E-state index contributed by atoms with van der Waals surface area (Å²) in [6.45, 7) is 0.507. The van der Waals surface area contributed by atoms with Crippen LogP contribution in [0.4, 0.5) is 13.2 Å². The van der Waals surface area contributed by atoms with E-state index in [0.29, 0.717) is 47.8 Å². The van der Waals surface area contributed by atoms with Crippen molar-refractivity contribution in [2.45, 2.75) is 74.6 Å². The van der Waals surface area contributed by atoms with Gasteiger partial charge in [0.15, 0.2) is 0 Å². The molecule has 0 radical (unpaired) electrons. The molecule has 1 aliphatic heterocycles. The smallest absolute Gasteiger partial charge is 0.373 e. The van der Waals surface area contributed by atoms with Crippen molar-refractivity contribution in [2.24, 2.45) is 19.5 Å². The van der Waals surface area contributed by atoms with Gasteiger partial charge in [-0.3, -0.25) is 23.6 Å². The minimum Gasteiger partial charge on any atom is -0.373 e. The van der Waals surface area contributed by atoms with Gasteiger partial charge < -0.3 is 4.74 Å². The normalized spacial score (nSPS) is 31.3. The Labute approximate surface area is 210 Å². The second-order valence-corrected chi connectivity index (χ2v) is 11.7. The van der Waals surface area contributed by atoms with E-state index in [1.165, 1.54) is 11.6 Å². The molecule has 3 aromatic rings. The predicted molar refractivity (Wildman–Crippen MR) is 127 cm³/mol. The first-order valence-corrected chi connectivity index (χ1v) is 12.9. The molecule has 0 amide bonds. The molecule has 2 atom stereocenters. The summed E-state index contributed by atoms with van der Waals surface area (Å²) >= 11 is 0. The van der Waals surface area contributed by atoms with E-state index in [4.69, 9.17) is 9.72 Å². The lowest BCUT2D eigenvalue weighted by Crippen LogP contribution is -2.70. The summed E-state index contributed by atoms with van der Waals surface area (Å²) in [5.41, 5.74) is -0.861. The van der Waals surface area contributed by atoms with Crippen LogP contribution in [0, 0.1) is 5.41 Å². The van der Waals surface area contributed by atoms with E-state index in [1.54, 1.807) is 13.1 Å². The molecule has 11 heteroatoms. The van der Waals surface area contributed by atoms with Gasteiger partial charge in [0, 0.05) is 49.5 Å². The van der Waals surface area contributed by atoms with Gasteiger partial charge >= 0.3 is 11.9 Å². The van der Waals surface area contributed by atoms with Gasteiger partial charge in [0.1, 0.15) is 0 Å². The lowest BCUT2D eigenvalue weighted by molar-refractivity contribution is -0.337. The Balaban J connectivity index is 1.30. The number of alkyl halides is 3. The number of aryl methyl sites for hydroxylation is 1. The molecule has 2 bridgehead atoms. The van der Waals surface area contributed by atoms with Gasteiger partial charge in [-0.2, -0.15) is 18.3 Å². The van der Waals surface area contributed by atoms with Gasteiger partial charge in [0.05, 0.1) is 40.4 Å². The molecule has 0 spiro atoms. The first-order valence-electron chi connectivity index (χ1n) is 12.9. The van der Waals surface area contributed by atoms with Crippen LogP contribution < -0.4 is 11.2 Å². The number of ether oxygens (including phenoxy) is 1. The number of hydrogen-bond acceptors (Lipinski definition) is 5. The zero-order chi connectivity index (χ0) is 25.9. The highest BCUT2D eigenvalue weighted by Gasteiger charge is 2.79. The zero-order valence-electron chi connectivity index (χ0n) is 20.7. The molecule has 37 heavy (non-hydrogen) atoms. The standard InChI is InChI=1S/C26H28F3N5O3/c1-32-20-17(22(35)33(2)23(32)36)8-18(31-21(20)24-11-25(12-24,13-24)26(27,28)29)14-5-6-37-19(7-14)15-9-30-34(10-15)16-3-4-16/h8-10,14,16,19H,3-7,11-13H2,1-2H3/t14-,19+,24?,25?/m0/s1. The van der Waals surface area contributed by atoms with Crippen LogP contribution in [0.2, 0.25) is 0 Å². The minimum absolute atomic E-state index is 0.0305. The number of halogens is 3. The average Bonchev–Trinajstić information content (AvgIpc) is 3.54. The summed E-state index contributed by atoms with van der Waals surface area (Å²) in [6, 6.07) is 2.21. The van der Waals surface area contributed by atoms with Crippen LogP contribution in [0.25, 0.3) is 10.9 Å². The fourth-order valence-corrected chi connectivity index (χ4v) is 6.92. The molecule has 0 N–H and O–H groups in total. The third kappa shape index (κ3) is 3.18. The Kier molecular flexibility index (Phi) is 4.59. The van der Waals surface area contributed by atoms with Crippen LogP contribution in [0.3, 0.4) is 0 Å². The van der Waals surface area contributed by atoms with Gasteiger partial charge in [-0.25, -0.2) is 4.79 Å². The molecule has 196 valence electrons. The Morgan fingerprint density at radius 1 is 1.08 bits per heavy atom. The maximum absolute atomic E-state index is 13.7. The predicted octanol–water partition coefficient (Wildman–Crippen LogP) is 3.78. The summed E-state index contributed by atoms with van der Waals surface area (Å²) in [5, 5.41) is 4.81. The lowest BCUT2D eigenvalue weighted by atomic mass is 9.34. The summed E-state index contributed by atoms with van der Waals surface area (Å²) in [4.78, 5) is 30.9. The topological polar surface area (TPSA) is 83.9 Å². The minimum atomic E-state index is -4.26.